The maximum atomic E-state index is 2.44. The van der Waals surface area contributed by atoms with Crippen molar-refractivity contribution in [1.82, 2.24) is 0 Å². The third-order valence-electron chi connectivity index (χ3n) is 1.85. The fraction of sp³-hybridized carbons (Fsp3) is 0.333. The first-order valence-corrected chi connectivity index (χ1v) is 9.16. The van der Waals surface area contributed by atoms with Crippen molar-refractivity contribution in [3.63, 3.8) is 0 Å². The van der Waals surface area contributed by atoms with Gasteiger partial charge < -0.3 is 0 Å². The summed E-state index contributed by atoms with van der Waals surface area (Å²) >= 11 is 0. The van der Waals surface area contributed by atoms with Crippen LogP contribution in [0.5, 0.6) is 0 Å². The van der Waals surface area contributed by atoms with Crippen LogP contribution in [0.2, 0.25) is 18.8 Å². The summed E-state index contributed by atoms with van der Waals surface area (Å²) in [7, 11) is -0.176. The van der Waals surface area contributed by atoms with Gasteiger partial charge in [-0.05, 0) is 0 Å². The summed E-state index contributed by atoms with van der Waals surface area (Å²) in [6.45, 7) is 4.88. The minimum absolute atomic E-state index is 0.103. The van der Waals surface area contributed by atoms with Gasteiger partial charge in [-0.2, -0.15) is 0 Å². The first-order valence-electron chi connectivity index (χ1n) is 4.33. The normalized spacial score (nSPS) is 11.5. The monoisotopic (exact) mass is 180 g/mol. The molecule has 0 radical (unpaired) electrons. The Labute approximate surface area is 73.1 Å². The van der Waals surface area contributed by atoms with Crippen molar-refractivity contribution in [3.8, 4) is 0 Å². The van der Waals surface area contributed by atoms with E-state index in [4.69, 9.17) is 0 Å². The van der Waals surface area contributed by atoms with Gasteiger partial charge in [0.05, 0.1) is 9.52 Å². The van der Waals surface area contributed by atoms with E-state index in [1.54, 1.807) is 10.9 Å². The molecule has 0 spiro atoms. The maximum Gasteiger partial charge on any atom is 0.0519 e. The fourth-order valence-electron chi connectivity index (χ4n) is 1.10. The molecule has 0 aliphatic heterocycles. The predicted molar refractivity (Wildman–Crippen MR) is 58.3 cm³/mol. The van der Waals surface area contributed by atoms with Gasteiger partial charge in [0.1, 0.15) is 0 Å². The van der Waals surface area contributed by atoms with Crippen LogP contribution in [0, 0.1) is 0 Å². The summed E-state index contributed by atoms with van der Waals surface area (Å²) in [4.78, 5) is 0. The molecule has 0 amide bonds. The number of hydrogen-bond acceptors (Lipinski definition) is 0. The summed E-state index contributed by atoms with van der Waals surface area (Å²) in [5.74, 6) is 0. The van der Waals surface area contributed by atoms with Gasteiger partial charge in [-0.25, -0.2) is 0 Å². The summed E-state index contributed by atoms with van der Waals surface area (Å²) < 4.78 is 0. The Morgan fingerprint density at radius 2 is 1.82 bits per heavy atom. The average molecular weight is 180 g/mol. The maximum absolute atomic E-state index is 2.44. The molecule has 0 aliphatic carbocycles. The summed E-state index contributed by atoms with van der Waals surface area (Å²) in [5, 5.41) is 1.63. The highest BCUT2D eigenvalue weighted by Gasteiger charge is 1.96. The second kappa shape index (κ2) is 4.52. The second-order valence-corrected chi connectivity index (χ2v) is 9.83. The Kier molecular flexibility index (Phi) is 3.59. The molecule has 0 unspecified atom stereocenters. The number of rotatable bonds is 3. The quantitative estimate of drug-likeness (QED) is 0.607. The largest absolute Gasteiger partial charge is 0.0724 e. The molecule has 0 saturated carbocycles. The minimum Gasteiger partial charge on any atom is -0.0724 e. The van der Waals surface area contributed by atoms with Crippen LogP contribution in [-0.4, -0.2) is 18.3 Å². The molecule has 0 fully saturated rings. The van der Waals surface area contributed by atoms with Crippen molar-refractivity contribution >= 4 is 23.5 Å². The smallest absolute Gasteiger partial charge is 0.0519 e. The molecule has 0 nitrogen and oxygen atoms in total. The molecule has 11 heavy (non-hydrogen) atoms. The third kappa shape index (κ3) is 3.53. The lowest BCUT2D eigenvalue weighted by atomic mass is 10.4. The molecule has 0 aromatic heterocycles. The first kappa shape index (κ1) is 8.75. The summed E-state index contributed by atoms with van der Waals surface area (Å²) in [6, 6.07) is 11.0. The molecule has 0 bridgehead atoms. The van der Waals surface area contributed by atoms with Crippen molar-refractivity contribution in [2.45, 2.75) is 18.8 Å². The Balaban J connectivity index is 2.39. The molecule has 0 heterocycles. The lowest BCUT2D eigenvalue weighted by molar-refractivity contribution is 1.74. The lowest BCUT2D eigenvalue weighted by Gasteiger charge is -2.01. The molecular weight excluding hydrogens is 164 g/mol. The van der Waals surface area contributed by atoms with E-state index in [1.165, 1.54) is 0 Å². The SMILES string of the molecule is C[SiH](C)C[SiH2]c1ccccc1. The molecule has 0 aliphatic rings. The first-order chi connectivity index (χ1) is 5.29. The Bertz CT molecular complexity index is 194. The molecule has 1 aromatic rings. The Morgan fingerprint density at radius 3 is 2.36 bits per heavy atom. The Hall–Kier alpha value is -0.346. The van der Waals surface area contributed by atoms with E-state index in [9.17, 15) is 0 Å². The van der Waals surface area contributed by atoms with Gasteiger partial charge in [0.25, 0.3) is 0 Å². The van der Waals surface area contributed by atoms with Crippen LogP contribution in [0.25, 0.3) is 0 Å². The van der Waals surface area contributed by atoms with E-state index >= 15 is 0 Å². The molecule has 0 saturated heterocycles. The zero-order valence-corrected chi connectivity index (χ0v) is 9.95. The lowest BCUT2D eigenvalue weighted by Crippen LogP contribution is -2.17. The van der Waals surface area contributed by atoms with E-state index in [0.717, 1.165) is 0 Å². The zero-order valence-electron chi connectivity index (χ0n) is 7.38. The topological polar surface area (TPSA) is 0 Å². The third-order valence-corrected chi connectivity index (χ3v) is 8.68. The van der Waals surface area contributed by atoms with E-state index in [2.05, 4.69) is 43.4 Å². The highest BCUT2D eigenvalue weighted by Crippen LogP contribution is 1.89. The molecule has 60 valence electrons. The standard InChI is InChI=1S/C9H16Si2/c1-11(2)8-10-9-6-4-3-5-7-9/h3-7,11H,8,10H2,1-2H3. The molecule has 1 aromatic carbocycles. The van der Waals surface area contributed by atoms with Crippen LogP contribution in [0.3, 0.4) is 0 Å². The summed E-state index contributed by atoms with van der Waals surface area (Å²) in [6.07, 6.45) is 0. The van der Waals surface area contributed by atoms with Crippen molar-refractivity contribution in [2.75, 3.05) is 0 Å². The van der Waals surface area contributed by atoms with E-state index in [1.807, 2.05) is 0 Å². The average Bonchev–Trinajstić information content (AvgIpc) is 2.03. The number of benzene rings is 1. The zero-order chi connectivity index (χ0) is 8.10. The number of hydrogen-bond donors (Lipinski definition) is 0. The summed E-state index contributed by atoms with van der Waals surface area (Å²) in [5.41, 5.74) is 1.57. The van der Waals surface area contributed by atoms with E-state index in [-0.39, 0.29) is 18.3 Å². The van der Waals surface area contributed by atoms with Crippen LogP contribution in [0.1, 0.15) is 0 Å². The molecular formula is C9H16Si2. The van der Waals surface area contributed by atoms with Crippen molar-refractivity contribution in [2.24, 2.45) is 0 Å². The fourth-order valence-corrected chi connectivity index (χ4v) is 5.35. The van der Waals surface area contributed by atoms with Gasteiger partial charge in [0.15, 0.2) is 0 Å². The molecule has 0 atom stereocenters. The van der Waals surface area contributed by atoms with Crippen molar-refractivity contribution in [1.29, 1.82) is 0 Å². The van der Waals surface area contributed by atoms with Gasteiger partial charge >= 0.3 is 0 Å². The van der Waals surface area contributed by atoms with E-state index < -0.39 is 0 Å². The van der Waals surface area contributed by atoms with Crippen LogP contribution >= 0.6 is 0 Å². The molecule has 0 N–H and O–H groups in total. The van der Waals surface area contributed by atoms with Crippen molar-refractivity contribution in [3.05, 3.63) is 30.3 Å². The van der Waals surface area contributed by atoms with Crippen molar-refractivity contribution < 1.29 is 0 Å². The van der Waals surface area contributed by atoms with Gasteiger partial charge in [0.2, 0.25) is 0 Å². The van der Waals surface area contributed by atoms with E-state index in [0.29, 0.717) is 0 Å². The van der Waals surface area contributed by atoms with Gasteiger partial charge in [0, 0.05) is 8.80 Å². The van der Waals surface area contributed by atoms with Crippen LogP contribution in [-0.2, 0) is 0 Å². The molecule has 2 heteroatoms. The van der Waals surface area contributed by atoms with Gasteiger partial charge in [-0.3, -0.25) is 0 Å². The predicted octanol–water partition coefficient (Wildman–Crippen LogP) is 0.925. The van der Waals surface area contributed by atoms with Crippen LogP contribution in [0.15, 0.2) is 30.3 Å². The van der Waals surface area contributed by atoms with Gasteiger partial charge in [-0.1, -0.05) is 54.3 Å². The second-order valence-electron chi connectivity index (χ2n) is 3.42. The Morgan fingerprint density at radius 1 is 1.18 bits per heavy atom. The minimum atomic E-state index is -0.279. The van der Waals surface area contributed by atoms with Crippen LogP contribution < -0.4 is 5.19 Å². The highest BCUT2D eigenvalue weighted by molar-refractivity contribution is 6.72. The highest BCUT2D eigenvalue weighted by atomic mass is 28.3. The van der Waals surface area contributed by atoms with Gasteiger partial charge in [-0.15, -0.1) is 0 Å². The van der Waals surface area contributed by atoms with Crippen LogP contribution in [0.4, 0.5) is 0 Å². The molecule has 1 rings (SSSR count).